The first-order valence-corrected chi connectivity index (χ1v) is 4.85. The lowest BCUT2D eigenvalue weighted by Gasteiger charge is -2.18. The molecule has 4 heteroatoms. The molecule has 0 spiro atoms. The first kappa shape index (κ1) is 10.8. The molecule has 2 nitrogen and oxygen atoms in total. The van der Waals surface area contributed by atoms with Gasteiger partial charge in [0.1, 0.15) is 5.75 Å². The van der Waals surface area contributed by atoms with Crippen LogP contribution in [0.3, 0.4) is 0 Å². The smallest absolute Gasteiger partial charge is 0.289 e. The Morgan fingerprint density at radius 1 is 1.12 bits per heavy atom. The summed E-state index contributed by atoms with van der Waals surface area (Å²) in [5.74, 6) is -3.64. The lowest BCUT2D eigenvalue weighted by atomic mass is 9.98. The van der Waals surface area contributed by atoms with Crippen molar-refractivity contribution in [3.8, 4) is 5.75 Å². The molecule has 0 unspecified atom stereocenters. The van der Waals surface area contributed by atoms with Crippen LogP contribution in [0, 0.1) is 0 Å². The van der Waals surface area contributed by atoms with Gasteiger partial charge in [0.25, 0.3) is 5.92 Å². The molecule has 0 aliphatic heterocycles. The minimum Gasteiger partial charge on any atom is -0.507 e. The largest absolute Gasteiger partial charge is 0.507 e. The zero-order valence-corrected chi connectivity index (χ0v) is 8.45. The number of halogens is 2. The minimum absolute atomic E-state index is 0.331. The van der Waals surface area contributed by atoms with Crippen molar-refractivity contribution in [3.63, 3.8) is 0 Å². The maximum absolute atomic E-state index is 13.6. The molecule has 0 saturated heterocycles. The Labute approximate surface area is 91.3 Å². The summed E-state index contributed by atoms with van der Waals surface area (Å²) in [6.45, 7) is -0.825. The SMILES string of the molecule is NCC(F)(F)c1c(O)ccc2ccccc12. The maximum atomic E-state index is 13.6. The van der Waals surface area contributed by atoms with Gasteiger partial charge in [0.05, 0.1) is 12.1 Å². The van der Waals surface area contributed by atoms with Crippen LogP contribution in [-0.2, 0) is 5.92 Å². The van der Waals surface area contributed by atoms with Gasteiger partial charge in [0, 0.05) is 0 Å². The van der Waals surface area contributed by atoms with E-state index < -0.39 is 23.8 Å². The molecule has 0 aliphatic rings. The summed E-state index contributed by atoms with van der Waals surface area (Å²) in [7, 11) is 0. The molecule has 0 bridgehead atoms. The number of nitrogens with two attached hydrogens (primary N) is 1. The van der Waals surface area contributed by atoms with E-state index >= 15 is 0 Å². The van der Waals surface area contributed by atoms with Gasteiger partial charge in [-0.05, 0) is 16.8 Å². The van der Waals surface area contributed by atoms with E-state index in [-0.39, 0.29) is 0 Å². The fourth-order valence-electron chi connectivity index (χ4n) is 1.75. The van der Waals surface area contributed by atoms with Gasteiger partial charge in [0.15, 0.2) is 0 Å². The number of hydrogen-bond acceptors (Lipinski definition) is 2. The Morgan fingerprint density at radius 3 is 2.50 bits per heavy atom. The highest BCUT2D eigenvalue weighted by molar-refractivity contribution is 5.88. The van der Waals surface area contributed by atoms with Gasteiger partial charge in [-0.3, -0.25) is 0 Å². The third kappa shape index (κ3) is 1.61. The van der Waals surface area contributed by atoms with Crippen LogP contribution in [0.25, 0.3) is 10.8 Å². The van der Waals surface area contributed by atoms with E-state index in [1.54, 1.807) is 30.3 Å². The van der Waals surface area contributed by atoms with Crippen molar-refractivity contribution >= 4 is 10.8 Å². The Morgan fingerprint density at radius 2 is 1.81 bits per heavy atom. The third-order valence-corrected chi connectivity index (χ3v) is 2.53. The van der Waals surface area contributed by atoms with Gasteiger partial charge < -0.3 is 10.8 Å². The number of alkyl halides is 2. The quantitative estimate of drug-likeness (QED) is 0.822. The highest BCUT2D eigenvalue weighted by Crippen LogP contribution is 2.38. The molecular formula is C12H11F2NO. The van der Waals surface area contributed by atoms with Gasteiger partial charge in [-0.2, -0.15) is 8.78 Å². The summed E-state index contributed by atoms with van der Waals surface area (Å²) in [5, 5.41) is 10.5. The minimum atomic E-state index is -3.22. The van der Waals surface area contributed by atoms with Crippen molar-refractivity contribution < 1.29 is 13.9 Å². The lowest BCUT2D eigenvalue weighted by Crippen LogP contribution is -2.25. The molecule has 0 heterocycles. The van der Waals surface area contributed by atoms with Crippen molar-refractivity contribution in [3.05, 3.63) is 42.0 Å². The number of rotatable bonds is 2. The van der Waals surface area contributed by atoms with Crippen LogP contribution < -0.4 is 5.73 Å². The summed E-state index contributed by atoms with van der Waals surface area (Å²) in [6.07, 6.45) is 0. The van der Waals surface area contributed by atoms with Crippen LogP contribution >= 0.6 is 0 Å². The molecule has 0 aliphatic carbocycles. The number of phenols is 1. The fourth-order valence-corrected chi connectivity index (χ4v) is 1.75. The van der Waals surface area contributed by atoms with Gasteiger partial charge in [-0.15, -0.1) is 0 Å². The van der Waals surface area contributed by atoms with Gasteiger partial charge in [0.2, 0.25) is 0 Å². The molecule has 0 atom stereocenters. The van der Waals surface area contributed by atoms with Crippen molar-refractivity contribution in [2.24, 2.45) is 5.73 Å². The third-order valence-electron chi connectivity index (χ3n) is 2.53. The number of fused-ring (bicyclic) bond motifs is 1. The second-order valence-corrected chi connectivity index (χ2v) is 3.59. The van der Waals surface area contributed by atoms with Gasteiger partial charge in [-0.25, -0.2) is 0 Å². The highest BCUT2D eigenvalue weighted by atomic mass is 19.3. The summed E-state index contributed by atoms with van der Waals surface area (Å²) in [5.41, 5.74) is 4.64. The van der Waals surface area contributed by atoms with E-state index in [4.69, 9.17) is 5.73 Å². The average Bonchev–Trinajstić information content (AvgIpc) is 2.28. The predicted molar refractivity (Wildman–Crippen MR) is 58.6 cm³/mol. The lowest BCUT2D eigenvalue weighted by molar-refractivity contribution is 0.00541. The van der Waals surface area contributed by atoms with Crippen LogP contribution in [0.15, 0.2) is 36.4 Å². The van der Waals surface area contributed by atoms with E-state index in [9.17, 15) is 13.9 Å². The number of benzene rings is 2. The highest BCUT2D eigenvalue weighted by Gasteiger charge is 2.34. The maximum Gasteiger partial charge on any atom is 0.289 e. The van der Waals surface area contributed by atoms with E-state index in [2.05, 4.69) is 0 Å². The number of hydrogen-bond donors (Lipinski definition) is 2. The van der Waals surface area contributed by atoms with Gasteiger partial charge in [-0.1, -0.05) is 30.3 Å². The molecule has 0 fully saturated rings. The van der Waals surface area contributed by atoms with Crippen LogP contribution in [0.5, 0.6) is 5.75 Å². The zero-order valence-electron chi connectivity index (χ0n) is 8.45. The topological polar surface area (TPSA) is 46.2 Å². The Balaban J connectivity index is 2.81. The monoisotopic (exact) mass is 223 g/mol. The molecule has 16 heavy (non-hydrogen) atoms. The Hall–Kier alpha value is -1.68. The summed E-state index contributed by atoms with van der Waals surface area (Å²) >= 11 is 0. The molecule has 3 N–H and O–H groups in total. The first-order valence-electron chi connectivity index (χ1n) is 4.85. The second-order valence-electron chi connectivity index (χ2n) is 3.59. The summed E-state index contributed by atoms with van der Waals surface area (Å²) in [4.78, 5) is 0. The Bertz CT molecular complexity index is 525. The number of phenolic OH excluding ortho intramolecular Hbond substituents is 1. The summed E-state index contributed by atoms with van der Waals surface area (Å²) in [6, 6.07) is 9.53. The van der Waals surface area contributed by atoms with Crippen LogP contribution in [0.2, 0.25) is 0 Å². The molecule has 0 radical (unpaired) electrons. The molecule has 0 aromatic heterocycles. The van der Waals surface area contributed by atoms with Crippen LogP contribution in [0.1, 0.15) is 5.56 Å². The fraction of sp³-hybridized carbons (Fsp3) is 0.167. The van der Waals surface area contributed by atoms with Crippen LogP contribution in [-0.4, -0.2) is 11.7 Å². The predicted octanol–water partition coefficient (Wildman–Crippen LogP) is 2.60. The molecule has 2 aromatic rings. The molecule has 84 valence electrons. The summed E-state index contributed by atoms with van der Waals surface area (Å²) < 4.78 is 27.2. The van der Waals surface area contributed by atoms with E-state index in [0.717, 1.165) is 0 Å². The Kier molecular flexibility index (Phi) is 2.52. The van der Waals surface area contributed by atoms with Crippen molar-refractivity contribution in [1.29, 1.82) is 0 Å². The molecule has 2 rings (SSSR count). The number of aromatic hydroxyl groups is 1. The van der Waals surface area contributed by atoms with E-state index in [0.29, 0.717) is 10.8 Å². The normalized spacial score (nSPS) is 11.9. The van der Waals surface area contributed by atoms with Crippen molar-refractivity contribution in [1.82, 2.24) is 0 Å². The van der Waals surface area contributed by atoms with E-state index in [1.807, 2.05) is 0 Å². The molecule has 0 saturated carbocycles. The molecule has 2 aromatic carbocycles. The van der Waals surface area contributed by atoms with E-state index in [1.165, 1.54) is 6.07 Å². The first-order chi connectivity index (χ1) is 7.56. The van der Waals surface area contributed by atoms with Gasteiger partial charge >= 0.3 is 0 Å². The molecular weight excluding hydrogens is 212 g/mol. The van der Waals surface area contributed by atoms with Crippen LogP contribution in [0.4, 0.5) is 8.78 Å². The standard InChI is InChI=1S/C12H11F2NO/c13-12(14,7-15)11-9-4-2-1-3-8(9)5-6-10(11)16/h1-6,16H,7,15H2. The zero-order chi connectivity index (χ0) is 11.8. The van der Waals surface area contributed by atoms with Crippen molar-refractivity contribution in [2.45, 2.75) is 5.92 Å². The molecule has 0 amide bonds. The average molecular weight is 223 g/mol. The van der Waals surface area contributed by atoms with Crippen molar-refractivity contribution in [2.75, 3.05) is 6.54 Å². The second kappa shape index (κ2) is 3.72.